The van der Waals surface area contributed by atoms with Crippen molar-refractivity contribution in [3.63, 3.8) is 0 Å². The molecule has 2 aliphatic rings. The van der Waals surface area contributed by atoms with Crippen LogP contribution in [0.5, 0.6) is 0 Å². The lowest BCUT2D eigenvalue weighted by Crippen LogP contribution is -2.59. The van der Waals surface area contributed by atoms with E-state index < -0.39 is 0 Å². The van der Waals surface area contributed by atoms with E-state index in [0.29, 0.717) is 6.04 Å². The Kier molecular flexibility index (Phi) is 4.34. The van der Waals surface area contributed by atoms with Gasteiger partial charge in [0, 0.05) is 50.3 Å². The quantitative estimate of drug-likeness (QED) is 0.920. The van der Waals surface area contributed by atoms with Gasteiger partial charge in [-0.05, 0) is 32.8 Å². The SMILES string of the molecule is CC1CC(N2CCNC(C)(C)C2)CN1Cc1ccccc1. The van der Waals surface area contributed by atoms with E-state index in [1.165, 1.54) is 31.6 Å². The Labute approximate surface area is 129 Å². The van der Waals surface area contributed by atoms with Crippen LogP contribution >= 0.6 is 0 Å². The van der Waals surface area contributed by atoms with Crippen LogP contribution in [0.2, 0.25) is 0 Å². The van der Waals surface area contributed by atoms with Crippen molar-refractivity contribution in [3.8, 4) is 0 Å². The van der Waals surface area contributed by atoms with Crippen LogP contribution < -0.4 is 5.32 Å². The van der Waals surface area contributed by atoms with Crippen LogP contribution in [0.25, 0.3) is 0 Å². The van der Waals surface area contributed by atoms with E-state index in [4.69, 9.17) is 0 Å². The molecule has 0 bridgehead atoms. The standard InChI is InChI=1S/C18H29N3/c1-15-11-17(20-10-9-19-18(2,3)14-20)13-21(15)12-16-7-5-4-6-8-16/h4-8,15,17,19H,9-14H2,1-3H3. The highest BCUT2D eigenvalue weighted by atomic mass is 15.3. The summed E-state index contributed by atoms with van der Waals surface area (Å²) < 4.78 is 0. The molecule has 3 rings (SSSR count). The van der Waals surface area contributed by atoms with Crippen LogP contribution in [0.15, 0.2) is 30.3 Å². The third kappa shape index (κ3) is 3.65. The molecule has 2 atom stereocenters. The molecule has 2 heterocycles. The summed E-state index contributed by atoms with van der Waals surface area (Å²) in [5.74, 6) is 0. The Morgan fingerprint density at radius 3 is 2.71 bits per heavy atom. The van der Waals surface area contributed by atoms with Gasteiger partial charge >= 0.3 is 0 Å². The maximum atomic E-state index is 3.62. The fourth-order valence-corrected chi connectivity index (χ4v) is 3.86. The van der Waals surface area contributed by atoms with Gasteiger partial charge in [-0.1, -0.05) is 30.3 Å². The summed E-state index contributed by atoms with van der Waals surface area (Å²) in [4.78, 5) is 5.35. The van der Waals surface area contributed by atoms with Crippen molar-refractivity contribution >= 4 is 0 Å². The minimum absolute atomic E-state index is 0.258. The number of hydrogen-bond donors (Lipinski definition) is 1. The van der Waals surface area contributed by atoms with Crippen LogP contribution in [0.1, 0.15) is 32.8 Å². The van der Waals surface area contributed by atoms with E-state index in [2.05, 4.69) is 66.2 Å². The molecule has 1 N–H and O–H groups in total. The number of likely N-dealkylation sites (tertiary alicyclic amines) is 1. The molecule has 2 unspecified atom stereocenters. The molecule has 0 spiro atoms. The normalized spacial score (nSPS) is 30.6. The number of hydrogen-bond acceptors (Lipinski definition) is 3. The molecule has 3 heteroatoms. The average molecular weight is 287 g/mol. The highest BCUT2D eigenvalue weighted by Crippen LogP contribution is 2.26. The molecule has 1 aromatic carbocycles. The number of rotatable bonds is 3. The Morgan fingerprint density at radius 2 is 2.00 bits per heavy atom. The molecule has 0 saturated carbocycles. The van der Waals surface area contributed by atoms with Gasteiger partial charge in [-0.25, -0.2) is 0 Å². The van der Waals surface area contributed by atoms with Gasteiger partial charge < -0.3 is 5.32 Å². The van der Waals surface area contributed by atoms with Crippen molar-refractivity contribution in [3.05, 3.63) is 35.9 Å². The fourth-order valence-electron chi connectivity index (χ4n) is 3.86. The van der Waals surface area contributed by atoms with Crippen molar-refractivity contribution in [2.45, 2.75) is 51.4 Å². The maximum absolute atomic E-state index is 3.62. The van der Waals surface area contributed by atoms with Crippen LogP contribution in [-0.4, -0.2) is 53.6 Å². The summed E-state index contributed by atoms with van der Waals surface area (Å²) in [6, 6.07) is 12.3. The first-order valence-electron chi connectivity index (χ1n) is 8.30. The van der Waals surface area contributed by atoms with Crippen molar-refractivity contribution in [1.29, 1.82) is 0 Å². The van der Waals surface area contributed by atoms with E-state index in [9.17, 15) is 0 Å². The van der Waals surface area contributed by atoms with E-state index in [1.54, 1.807) is 0 Å². The minimum atomic E-state index is 0.258. The molecule has 3 nitrogen and oxygen atoms in total. The zero-order valence-corrected chi connectivity index (χ0v) is 13.7. The molecule has 0 amide bonds. The number of nitrogens with one attached hydrogen (secondary N) is 1. The van der Waals surface area contributed by atoms with Gasteiger partial charge in [0.1, 0.15) is 0 Å². The van der Waals surface area contributed by atoms with Crippen molar-refractivity contribution < 1.29 is 0 Å². The maximum Gasteiger partial charge on any atom is 0.0252 e. The molecule has 21 heavy (non-hydrogen) atoms. The Balaban J connectivity index is 1.60. The smallest absolute Gasteiger partial charge is 0.0252 e. The average Bonchev–Trinajstić information content (AvgIpc) is 2.80. The molecule has 0 radical (unpaired) electrons. The van der Waals surface area contributed by atoms with Crippen LogP contribution in [0.4, 0.5) is 0 Å². The van der Waals surface area contributed by atoms with Gasteiger partial charge in [0.05, 0.1) is 0 Å². The van der Waals surface area contributed by atoms with Crippen molar-refractivity contribution in [2.24, 2.45) is 0 Å². The Bertz CT molecular complexity index is 457. The second kappa shape index (κ2) is 6.07. The van der Waals surface area contributed by atoms with E-state index in [-0.39, 0.29) is 5.54 Å². The number of benzene rings is 1. The topological polar surface area (TPSA) is 18.5 Å². The molecule has 2 saturated heterocycles. The second-order valence-corrected chi connectivity index (χ2v) is 7.43. The summed E-state index contributed by atoms with van der Waals surface area (Å²) in [6.45, 7) is 12.8. The van der Waals surface area contributed by atoms with Gasteiger partial charge in [-0.15, -0.1) is 0 Å². The largest absolute Gasteiger partial charge is 0.309 e. The highest BCUT2D eigenvalue weighted by molar-refractivity contribution is 5.15. The van der Waals surface area contributed by atoms with Gasteiger partial charge in [0.15, 0.2) is 0 Å². The molecule has 2 fully saturated rings. The molecular formula is C18H29N3. The van der Waals surface area contributed by atoms with Crippen molar-refractivity contribution in [2.75, 3.05) is 26.2 Å². The molecule has 116 valence electrons. The summed E-state index contributed by atoms with van der Waals surface area (Å²) in [5, 5.41) is 3.62. The lowest BCUT2D eigenvalue weighted by molar-refractivity contribution is 0.110. The Morgan fingerprint density at radius 1 is 1.24 bits per heavy atom. The third-order valence-corrected chi connectivity index (χ3v) is 5.03. The summed E-state index contributed by atoms with van der Waals surface area (Å²) in [5.41, 5.74) is 1.69. The second-order valence-electron chi connectivity index (χ2n) is 7.43. The zero-order chi connectivity index (χ0) is 14.9. The molecule has 1 aromatic rings. The summed E-state index contributed by atoms with van der Waals surface area (Å²) in [6.07, 6.45) is 1.31. The first kappa shape index (κ1) is 15.0. The van der Waals surface area contributed by atoms with E-state index in [0.717, 1.165) is 19.1 Å². The highest BCUT2D eigenvalue weighted by Gasteiger charge is 2.36. The van der Waals surface area contributed by atoms with Gasteiger partial charge in [-0.2, -0.15) is 0 Å². The number of piperazine rings is 1. The predicted octanol–water partition coefficient (Wildman–Crippen LogP) is 2.33. The summed E-state index contributed by atoms with van der Waals surface area (Å²) in [7, 11) is 0. The van der Waals surface area contributed by atoms with Gasteiger partial charge in [0.2, 0.25) is 0 Å². The fraction of sp³-hybridized carbons (Fsp3) is 0.667. The first-order chi connectivity index (χ1) is 10.0. The molecule has 0 aliphatic carbocycles. The lowest BCUT2D eigenvalue weighted by Gasteiger charge is -2.42. The van der Waals surface area contributed by atoms with Crippen molar-refractivity contribution in [1.82, 2.24) is 15.1 Å². The molecule has 2 aliphatic heterocycles. The third-order valence-electron chi connectivity index (χ3n) is 5.03. The van der Waals surface area contributed by atoms with Crippen LogP contribution in [0, 0.1) is 0 Å². The predicted molar refractivity (Wildman–Crippen MR) is 88.4 cm³/mol. The molecule has 0 aromatic heterocycles. The van der Waals surface area contributed by atoms with Gasteiger partial charge in [0.25, 0.3) is 0 Å². The monoisotopic (exact) mass is 287 g/mol. The zero-order valence-electron chi connectivity index (χ0n) is 13.7. The van der Waals surface area contributed by atoms with Gasteiger partial charge in [-0.3, -0.25) is 9.80 Å². The van der Waals surface area contributed by atoms with E-state index in [1.807, 2.05) is 0 Å². The van der Waals surface area contributed by atoms with Crippen LogP contribution in [-0.2, 0) is 6.54 Å². The summed E-state index contributed by atoms with van der Waals surface area (Å²) >= 11 is 0. The minimum Gasteiger partial charge on any atom is -0.309 e. The van der Waals surface area contributed by atoms with E-state index >= 15 is 0 Å². The Hall–Kier alpha value is -0.900. The first-order valence-corrected chi connectivity index (χ1v) is 8.30. The lowest BCUT2D eigenvalue weighted by atomic mass is 10.00. The molecular weight excluding hydrogens is 258 g/mol. The van der Waals surface area contributed by atoms with Crippen LogP contribution in [0.3, 0.4) is 0 Å². The number of nitrogens with zero attached hydrogens (tertiary/aromatic N) is 2.